The predicted octanol–water partition coefficient (Wildman–Crippen LogP) is 4.34. The van der Waals surface area contributed by atoms with Crippen LogP contribution in [0, 0.1) is 0 Å². The van der Waals surface area contributed by atoms with Crippen LogP contribution in [0.4, 0.5) is 0 Å². The molecule has 1 aromatic carbocycles. The molecule has 0 N–H and O–H groups in total. The van der Waals surface area contributed by atoms with E-state index >= 15 is 0 Å². The Labute approximate surface area is 135 Å². The lowest BCUT2D eigenvalue weighted by Crippen LogP contribution is -2.32. The molecule has 1 aromatic heterocycles. The Balaban J connectivity index is 1.63. The molecule has 3 nitrogen and oxygen atoms in total. The average molecular weight is 324 g/mol. The second kappa shape index (κ2) is 6.82. The van der Waals surface area contributed by atoms with E-state index in [0.29, 0.717) is 10.0 Å². The molecule has 1 fully saturated rings. The van der Waals surface area contributed by atoms with Gasteiger partial charge in [0.15, 0.2) is 0 Å². The van der Waals surface area contributed by atoms with Crippen molar-refractivity contribution in [2.24, 2.45) is 0 Å². The fraction of sp³-hybridized carbons (Fsp3) is 0.438. The van der Waals surface area contributed by atoms with E-state index in [-0.39, 0.29) is 0 Å². The van der Waals surface area contributed by atoms with Crippen LogP contribution in [-0.2, 0) is 6.54 Å². The molecule has 112 valence electrons. The Morgan fingerprint density at radius 2 is 1.76 bits per heavy atom. The highest BCUT2D eigenvalue weighted by Gasteiger charge is 2.10. The van der Waals surface area contributed by atoms with Crippen LogP contribution < -0.4 is 0 Å². The summed E-state index contributed by atoms with van der Waals surface area (Å²) in [5, 5.41) is 5.60. The fourth-order valence-electron chi connectivity index (χ4n) is 2.74. The molecule has 3 rings (SSSR count). The lowest BCUT2D eigenvalue weighted by atomic mass is 10.1. The standard InChI is InChI=1S/C16H19Cl2N3/c17-15-5-4-13(10-16(15)18)14-11-19-21(12-14)9-8-20-6-2-1-3-7-20/h4-5,10-12H,1-3,6-9H2. The zero-order chi connectivity index (χ0) is 14.7. The summed E-state index contributed by atoms with van der Waals surface area (Å²) in [6, 6.07) is 5.68. The first kappa shape index (κ1) is 14.9. The normalized spacial score (nSPS) is 16.3. The van der Waals surface area contributed by atoms with Gasteiger partial charge in [0.05, 0.1) is 22.8 Å². The van der Waals surface area contributed by atoms with Crippen LogP contribution in [-0.4, -0.2) is 34.3 Å². The van der Waals surface area contributed by atoms with Gasteiger partial charge in [-0.25, -0.2) is 0 Å². The molecule has 0 saturated carbocycles. The first-order chi connectivity index (χ1) is 10.2. The van der Waals surface area contributed by atoms with Crippen molar-refractivity contribution in [2.75, 3.05) is 19.6 Å². The quantitative estimate of drug-likeness (QED) is 0.834. The van der Waals surface area contributed by atoms with E-state index < -0.39 is 0 Å². The van der Waals surface area contributed by atoms with Crippen molar-refractivity contribution in [1.29, 1.82) is 0 Å². The average Bonchev–Trinajstić information content (AvgIpc) is 2.98. The van der Waals surface area contributed by atoms with Gasteiger partial charge < -0.3 is 4.90 Å². The van der Waals surface area contributed by atoms with Gasteiger partial charge in [-0.15, -0.1) is 0 Å². The van der Waals surface area contributed by atoms with Crippen molar-refractivity contribution < 1.29 is 0 Å². The Morgan fingerprint density at radius 1 is 0.952 bits per heavy atom. The highest BCUT2D eigenvalue weighted by atomic mass is 35.5. The summed E-state index contributed by atoms with van der Waals surface area (Å²) < 4.78 is 2.01. The number of halogens is 2. The van der Waals surface area contributed by atoms with Crippen LogP contribution in [0.15, 0.2) is 30.6 Å². The van der Waals surface area contributed by atoms with Gasteiger partial charge >= 0.3 is 0 Å². The number of hydrogen-bond donors (Lipinski definition) is 0. The molecule has 2 heterocycles. The van der Waals surface area contributed by atoms with Crippen molar-refractivity contribution in [3.05, 3.63) is 40.6 Å². The minimum atomic E-state index is 0.579. The third kappa shape index (κ3) is 3.79. The molecule has 0 bridgehead atoms. The van der Waals surface area contributed by atoms with Crippen molar-refractivity contribution in [3.8, 4) is 11.1 Å². The summed E-state index contributed by atoms with van der Waals surface area (Å²) in [5.41, 5.74) is 2.13. The largest absolute Gasteiger partial charge is 0.301 e. The SMILES string of the molecule is Clc1ccc(-c2cnn(CCN3CCCCC3)c2)cc1Cl. The number of nitrogens with zero attached hydrogens (tertiary/aromatic N) is 3. The van der Waals surface area contributed by atoms with Gasteiger partial charge in [0.2, 0.25) is 0 Å². The van der Waals surface area contributed by atoms with Crippen LogP contribution >= 0.6 is 23.2 Å². The Kier molecular flexibility index (Phi) is 4.84. The molecule has 0 atom stereocenters. The smallest absolute Gasteiger partial charge is 0.0598 e. The summed E-state index contributed by atoms with van der Waals surface area (Å²) in [6.07, 6.45) is 7.99. The molecular weight excluding hydrogens is 305 g/mol. The van der Waals surface area contributed by atoms with Gasteiger partial charge in [-0.2, -0.15) is 5.10 Å². The highest BCUT2D eigenvalue weighted by Crippen LogP contribution is 2.28. The van der Waals surface area contributed by atoms with E-state index in [0.717, 1.165) is 24.2 Å². The molecule has 5 heteroatoms. The monoisotopic (exact) mass is 323 g/mol. The van der Waals surface area contributed by atoms with Gasteiger partial charge in [-0.05, 0) is 43.6 Å². The van der Waals surface area contributed by atoms with Crippen LogP contribution in [0.5, 0.6) is 0 Å². The number of aromatic nitrogens is 2. The zero-order valence-electron chi connectivity index (χ0n) is 11.9. The third-order valence-electron chi connectivity index (χ3n) is 3.98. The van der Waals surface area contributed by atoms with Crippen molar-refractivity contribution in [2.45, 2.75) is 25.8 Å². The second-order valence-corrected chi connectivity index (χ2v) is 6.34. The minimum absolute atomic E-state index is 0.579. The van der Waals surface area contributed by atoms with Crippen molar-refractivity contribution in [3.63, 3.8) is 0 Å². The van der Waals surface area contributed by atoms with Crippen LogP contribution in [0.3, 0.4) is 0 Å². The van der Waals surface area contributed by atoms with Crippen molar-refractivity contribution >= 4 is 23.2 Å². The lowest BCUT2D eigenvalue weighted by molar-refractivity contribution is 0.218. The molecule has 0 spiro atoms. The third-order valence-corrected chi connectivity index (χ3v) is 4.72. The van der Waals surface area contributed by atoms with Crippen LogP contribution in [0.1, 0.15) is 19.3 Å². The van der Waals surface area contributed by atoms with Gasteiger partial charge in [0.1, 0.15) is 0 Å². The zero-order valence-corrected chi connectivity index (χ0v) is 13.4. The maximum absolute atomic E-state index is 6.07. The Morgan fingerprint density at radius 3 is 2.52 bits per heavy atom. The van der Waals surface area contributed by atoms with Gasteiger partial charge in [0.25, 0.3) is 0 Å². The predicted molar refractivity (Wildman–Crippen MR) is 88.0 cm³/mol. The number of rotatable bonds is 4. The summed E-state index contributed by atoms with van der Waals surface area (Å²) in [7, 11) is 0. The first-order valence-electron chi connectivity index (χ1n) is 7.42. The number of piperidine rings is 1. The summed E-state index contributed by atoms with van der Waals surface area (Å²) in [5.74, 6) is 0. The fourth-order valence-corrected chi connectivity index (χ4v) is 3.04. The molecule has 0 amide bonds. The number of likely N-dealkylation sites (tertiary alicyclic amines) is 1. The van der Waals surface area contributed by atoms with E-state index in [2.05, 4.69) is 16.2 Å². The van der Waals surface area contributed by atoms with E-state index in [4.69, 9.17) is 23.2 Å². The molecule has 0 unspecified atom stereocenters. The minimum Gasteiger partial charge on any atom is -0.301 e. The number of benzene rings is 1. The molecule has 1 aliphatic rings. The van der Waals surface area contributed by atoms with Gasteiger partial charge in [-0.1, -0.05) is 35.7 Å². The van der Waals surface area contributed by atoms with Gasteiger partial charge in [0, 0.05) is 18.3 Å². The molecule has 1 saturated heterocycles. The second-order valence-electron chi connectivity index (χ2n) is 5.52. The molecule has 2 aromatic rings. The molecule has 21 heavy (non-hydrogen) atoms. The Hall–Kier alpha value is -1.03. The summed E-state index contributed by atoms with van der Waals surface area (Å²) >= 11 is 12.0. The topological polar surface area (TPSA) is 21.1 Å². The summed E-state index contributed by atoms with van der Waals surface area (Å²) in [6.45, 7) is 4.45. The van der Waals surface area contributed by atoms with Gasteiger partial charge in [-0.3, -0.25) is 4.68 Å². The van der Waals surface area contributed by atoms with E-state index in [9.17, 15) is 0 Å². The van der Waals surface area contributed by atoms with E-state index in [1.54, 1.807) is 0 Å². The first-order valence-corrected chi connectivity index (χ1v) is 8.18. The number of hydrogen-bond acceptors (Lipinski definition) is 2. The van der Waals surface area contributed by atoms with Crippen molar-refractivity contribution in [1.82, 2.24) is 14.7 Å². The van der Waals surface area contributed by atoms with Crippen LogP contribution in [0.25, 0.3) is 11.1 Å². The van der Waals surface area contributed by atoms with E-state index in [1.165, 1.54) is 32.4 Å². The maximum atomic E-state index is 6.07. The maximum Gasteiger partial charge on any atom is 0.0598 e. The van der Waals surface area contributed by atoms with Crippen LogP contribution in [0.2, 0.25) is 10.0 Å². The Bertz CT molecular complexity index is 603. The highest BCUT2D eigenvalue weighted by molar-refractivity contribution is 6.42. The molecular formula is C16H19Cl2N3. The summed E-state index contributed by atoms with van der Waals surface area (Å²) in [4.78, 5) is 2.52. The molecule has 0 aliphatic carbocycles. The molecule has 0 radical (unpaired) electrons. The van der Waals surface area contributed by atoms with E-state index in [1.807, 2.05) is 29.1 Å². The molecule has 1 aliphatic heterocycles. The lowest BCUT2D eigenvalue weighted by Gasteiger charge is -2.26.